The first-order valence-corrected chi connectivity index (χ1v) is 9.51. The summed E-state index contributed by atoms with van der Waals surface area (Å²) in [5.74, 6) is 0. The Bertz CT molecular complexity index is 983. The van der Waals surface area contributed by atoms with E-state index in [4.69, 9.17) is 28.0 Å². The largest absolute Gasteiger partial charge is 0.437 e. The van der Waals surface area contributed by atoms with Crippen molar-refractivity contribution in [2.45, 2.75) is 13.8 Å². The number of anilines is 1. The third kappa shape index (κ3) is 5.07. The van der Waals surface area contributed by atoms with Gasteiger partial charge in [-0.05, 0) is 50.2 Å². The Hall–Kier alpha value is -2.41. The maximum Gasteiger partial charge on any atom is 0.437 e. The number of aromatic nitrogens is 1. The highest BCUT2D eigenvalue weighted by Crippen LogP contribution is 2.29. The van der Waals surface area contributed by atoms with E-state index in [1.54, 1.807) is 31.2 Å². The van der Waals surface area contributed by atoms with Gasteiger partial charge in [-0.2, -0.15) is 0 Å². The molecule has 138 valence electrons. The molecule has 0 radical (unpaired) electrons. The molecule has 0 bridgehead atoms. The van der Waals surface area contributed by atoms with Crippen LogP contribution in [0.25, 0.3) is 10.6 Å². The molecule has 0 aliphatic rings. The Morgan fingerprint density at radius 1 is 1.07 bits per heavy atom. The number of hydrogen-bond donors (Lipinski definition) is 1. The van der Waals surface area contributed by atoms with Gasteiger partial charge in [0.2, 0.25) is 0 Å². The van der Waals surface area contributed by atoms with Crippen LogP contribution in [0, 0.1) is 6.92 Å². The highest BCUT2D eigenvalue weighted by molar-refractivity contribution is 7.17. The zero-order chi connectivity index (χ0) is 19.4. The summed E-state index contributed by atoms with van der Waals surface area (Å²) < 4.78 is 0. The minimum absolute atomic E-state index is 0.566. The number of amides is 1. The fourth-order valence-electron chi connectivity index (χ4n) is 2.27. The van der Waals surface area contributed by atoms with E-state index in [-0.39, 0.29) is 0 Å². The molecular weight excluding hydrogens is 405 g/mol. The fraction of sp³-hybridized carbons (Fsp3) is 0.105. The number of nitrogens with zero attached hydrogens (tertiary/aromatic N) is 2. The van der Waals surface area contributed by atoms with Crippen molar-refractivity contribution in [3.8, 4) is 10.6 Å². The zero-order valence-electron chi connectivity index (χ0n) is 14.5. The van der Waals surface area contributed by atoms with Crippen molar-refractivity contribution in [1.82, 2.24) is 4.98 Å². The summed E-state index contributed by atoms with van der Waals surface area (Å²) >= 11 is 13.2. The summed E-state index contributed by atoms with van der Waals surface area (Å²) in [4.78, 5) is 22.2. The summed E-state index contributed by atoms with van der Waals surface area (Å²) in [7, 11) is 0. The van der Waals surface area contributed by atoms with Crippen LogP contribution < -0.4 is 5.32 Å². The Morgan fingerprint density at radius 2 is 1.67 bits per heavy atom. The number of rotatable bonds is 4. The molecule has 5 nitrogen and oxygen atoms in total. The molecule has 0 spiro atoms. The van der Waals surface area contributed by atoms with Gasteiger partial charge in [-0.25, -0.2) is 9.78 Å². The number of hydrogen-bond acceptors (Lipinski definition) is 5. The van der Waals surface area contributed by atoms with Crippen molar-refractivity contribution in [2.24, 2.45) is 5.16 Å². The number of carbonyl (C=O) groups is 1. The molecule has 27 heavy (non-hydrogen) atoms. The van der Waals surface area contributed by atoms with Gasteiger partial charge in [0.05, 0.1) is 16.3 Å². The molecular formula is C19H15Cl2N3O2S. The highest BCUT2D eigenvalue weighted by atomic mass is 35.5. The van der Waals surface area contributed by atoms with E-state index in [0.717, 1.165) is 21.1 Å². The molecule has 1 amide bonds. The molecule has 3 rings (SSSR count). The number of carbonyl (C=O) groups excluding carboxylic acids is 1. The highest BCUT2D eigenvalue weighted by Gasteiger charge is 2.13. The monoisotopic (exact) mass is 419 g/mol. The van der Waals surface area contributed by atoms with E-state index in [1.165, 1.54) is 11.3 Å². The molecule has 0 aliphatic heterocycles. The second kappa shape index (κ2) is 8.52. The quantitative estimate of drug-likeness (QED) is 0.302. The SMILES string of the molecule is C/C(=N\OC(=O)Nc1ccc(Cl)cc1)c1sc(-c2ccc(Cl)cc2)nc1C. The van der Waals surface area contributed by atoms with Gasteiger partial charge in [0, 0.05) is 21.3 Å². The van der Waals surface area contributed by atoms with Crippen molar-refractivity contribution in [3.63, 3.8) is 0 Å². The predicted molar refractivity (Wildman–Crippen MR) is 111 cm³/mol. The topological polar surface area (TPSA) is 63.6 Å². The lowest BCUT2D eigenvalue weighted by molar-refractivity contribution is 0.166. The van der Waals surface area contributed by atoms with Crippen molar-refractivity contribution in [1.29, 1.82) is 0 Å². The van der Waals surface area contributed by atoms with E-state index in [2.05, 4.69) is 15.5 Å². The number of thiazole rings is 1. The van der Waals surface area contributed by atoms with Crippen LogP contribution in [0.4, 0.5) is 10.5 Å². The molecule has 0 fully saturated rings. The third-order valence-corrected chi connectivity index (χ3v) is 5.39. The standard InChI is InChI=1S/C19H15Cl2N3O2S/c1-11-17(27-18(22-11)13-3-5-14(20)6-4-13)12(2)24-26-19(25)23-16-9-7-15(21)8-10-16/h3-10H,1-2H3,(H,23,25)/b24-12+. The lowest BCUT2D eigenvalue weighted by atomic mass is 10.2. The molecule has 1 N–H and O–H groups in total. The van der Waals surface area contributed by atoms with E-state index >= 15 is 0 Å². The lowest BCUT2D eigenvalue weighted by Crippen LogP contribution is -2.11. The van der Waals surface area contributed by atoms with Crippen LogP contribution in [0.15, 0.2) is 53.7 Å². The van der Waals surface area contributed by atoms with Gasteiger partial charge in [0.15, 0.2) is 0 Å². The minimum Gasteiger partial charge on any atom is -0.297 e. The number of nitrogens with one attached hydrogen (secondary N) is 1. The number of benzene rings is 2. The van der Waals surface area contributed by atoms with Crippen molar-refractivity contribution in [3.05, 3.63) is 69.1 Å². The van der Waals surface area contributed by atoms with Crippen LogP contribution in [-0.4, -0.2) is 16.8 Å². The van der Waals surface area contributed by atoms with Crippen LogP contribution >= 0.6 is 34.5 Å². The molecule has 0 unspecified atom stereocenters. The van der Waals surface area contributed by atoms with Crippen LogP contribution in [0.5, 0.6) is 0 Å². The summed E-state index contributed by atoms with van der Waals surface area (Å²) in [6.07, 6.45) is -0.684. The molecule has 1 heterocycles. The maximum atomic E-state index is 11.9. The van der Waals surface area contributed by atoms with E-state index in [1.807, 2.05) is 31.2 Å². The second-order valence-electron chi connectivity index (χ2n) is 5.63. The van der Waals surface area contributed by atoms with E-state index in [0.29, 0.717) is 21.4 Å². The lowest BCUT2D eigenvalue weighted by Gasteiger charge is -2.03. The van der Waals surface area contributed by atoms with Gasteiger partial charge in [0.1, 0.15) is 5.01 Å². The smallest absolute Gasteiger partial charge is 0.297 e. The summed E-state index contributed by atoms with van der Waals surface area (Å²) in [5.41, 5.74) is 2.91. The molecule has 0 aliphatic carbocycles. The number of halogens is 2. The van der Waals surface area contributed by atoms with Gasteiger partial charge < -0.3 is 0 Å². The zero-order valence-corrected chi connectivity index (χ0v) is 16.8. The normalized spacial score (nSPS) is 11.3. The first-order chi connectivity index (χ1) is 12.9. The summed E-state index contributed by atoms with van der Waals surface area (Å²) in [5, 5.41) is 8.59. The molecule has 0 saturated heterocycles. The van der Waals surface area contributed by atoms with Crippen molar-refractivity contribution < 1.29 is 9.63 Å². The van der Waals surface area contributed by atoms with Crippen LogP contribution in [0.2, 0.25) is 10.0 Å². The van der Waals surface area contributed by atoms with Crippen LogP contribution in [0.3, 0.4) is 0 Å². The molecule has 1 aromatic heterocycles. The fourth-order valence-corrected chi connectivity index (χ4v) is 3.53. The number of oxime groups is 1. The summed E-state index contributed by atoms with van der Waals surface area (Å²) in [6, 6.07) is 14.1. The second-order valence-corrected chi connectivity index (χ2v) is 7.50. The Morgan fingerprint density at radius 3 is 2.30 bits per heavy atom. The van der Waals surface area contributed by atoms with E-state index in [9.17, 15) is 4.79 Å². The van der Waals surface area contributed by atoms with Crippen LogP contribution in [0.1, 0.15) is 17.5 Å². The van der Waals surface area contributed by atoms with Crippen LogP contribution in [-0.2, 0) is 4.84 Å². The third-order valence-electron chi connectivity index (χ3n) is 3.57. The Balaban J connectivity index is 1.69. The predicted octanol–water partition coefficient (Wildman–Crippen LogP) is 6.40. The molecule has 0 atom stereocenters. The van der Waals surface area contributed by atoms with Crippen molar-refractivity contribution >= 4 is 52.0 Å². The average molecular weight is 420 g/mol. The number of aryl methyl sites for hydroxylation is 1. The Kier molecular flexibility index (Phi) is 6.11. The molecule has 2 aromatic carbocycles. The molecule has 3 aromatic rings. The van der Waals surface area contributed by atoms with Gasteiger partial charge in [-0.15, -0.1) is 11.3 Å². The molecule has 8 heteroatoms. The van der Waals surface area contributed by atoms with Gasteiger partial charge in [-0.1, -0.05) is 40.5 Å². The van der Waals surface area contributed by atoms with E-state index < -0.39 is 6.09 Å². The van der Waals surface area contributed by atoms with Gasteiger partial charge in [-0.3, -0.25) is 10.2 Å². The van der Waals surface area contributed by atoms with Gasteiger partial charge in [0.25, 0.3) is 0 Å². The maximum absolute atomic E-state index is 11.9. The van der Waals surface area contributed by atoms with Crippen molar-refractivity contribution in [2.75, 3.05) is 5.32 Å². The molecule has 0 saturated carbocycles. The first-order valence-electron chi connectivity index (χ1n) is 7.94. The summed E-state index contributed by atoms with van der Waals surface area (Å²) in [6.45, 7) is 3.65. The first kappa shape index (κ1) is 19.4. The minimum atomic E-state index is -0.684. The van der Waals surface area contributed by atoms with Gasteiger partial charge >= 0.3 is 6.09 Å². The average Bonchev–Trinajstić information content (AvgIpc) is 3.04. The Labute approximate surface area is 170 Å².